The summed E-state index contributed by atoms with van der Waals surface area (Å²) >= 11 is 1.07. The Morgan fingerprint density at radius 2 is 2.09 bits per heavy atom. The molecular weight excluding hydrogens is 265 g/mol. The lowest BCUT2D eigenvalue weighted by Crippen LogP contribution is -2.14. The van der Waals surface area contributed by atoms with Gasteiger partial charge in [0.25, 0.3) is 0 Å². The van der Waals surface area contributed by atoms with Gasteiger partial charge in [-0.1, -0.05) is 0 Å². The average molecular weight is 272 g/mol. The van der Waals surface area contributed by atoms with Crippen molar-refractivity contribution in [2.45, 2.75) is 17.9 Å². The molecule has 0 aliphatic heterocycles. The molecule has 0 radical (unpaired) electrons. The van der Waals surface area contributed by atoms with Crippen LogP contribution in [-0.2, 0) is 4.05 Å². The number of halogens is 3. The van der Waals surface area contributed by atoms with Crippen LogP contribution in [0, 0.1) is 13.8 Å². The van der Waals surface area contributed by atoms with Gasteiger partial charge in [0.05, 0.1) is 5.69 Å². The quantitative estimate of drug-likeness (QED) is 0.567. The number of aromatic nitrogens is 2. The zero-order valence-electron chi connectivity index (χ0n) is 6.11. The van der Waals surface area contributed by atoms with Crippen LogP contribution in [0.4, 0.5) is 8.78 Å². The molecule has 62 valence electrons. The van der Waals surface area contributed by atoms with Crippen LogP contribution in [0.1, 0.15) is 11.4 Å². The highest BCUT2D eigenvalue weighted by atomic mass is 127. The third kappa shape index (κ3) is 1.69. The van der Waals surface area contributed by atoms with Gasteiger partial charge in [-0.05, 0) is 13.8 Å². The molecule has 0 atom stereocenters. The van der Waals surface area contributed by atoms with Crippen molar-refractivity contribution in [2.75, 3.05) is 0 Å². The van der Waals surface area contributed by atoms with Crippen molar-refractivity contribution in [3.63, 3.8) is 0 Å². The predicted octanol–water partition coefficient (Wildman–Crippen LogP) is 2.44. The summed E-state index contributed by atoms with van der Waals surface area (Å²) in [6.45, 7) is 3.32. The Kier molecular flexibility index (Phi) is 2.17. The van der Waals surface area contributed by atoms with Gasteiger partial charge in [-0.3, -0.25) is 4.57 Å². The van der Waals surface area contributed by atoms with Gasteiger partial charge in [-0.25, -0.2) is 4.98 Å². The van der Waals surface area contributed by atoms with Crippen LogP contribution in [-0.4, -0.2) is 9.55 Å². The SMILES string of the molecule is Cc1ncn(C(F)(F)I)c1C. The van der Waals surface area contributed by atoms with Crippen molar-refractivity contribution in [1.29, 1.82) is 0 Å². The molecule has 0 aromatic carbocycles. The molecule has 0 bridgehead atoms. The highest BCUT2D eigenvalue weighted by Crippen LogP contribution is 2.30. The second kappa shape index (κ2) is 2.69. The van der Waals surface area contributed by atoms with Crippen LogP contribution in [0.25, 0.3) is 0 Å². The first-order valence-electron chi connectivity index (χ1n) is 3.00. The van der Waals surface area contributed by atoms with E-state index in [2.05, 4.69) is 4.98 Å². The summed E-state index contributed by atoms with van der Waals surface area (Å²) in [4.78, 5) is 3.76. The van der Waals surface area contributed by atoms with Gasteiger partial charge in [-0.15, -0.1) is 0 Å². The number of aryl methyl sites for hydroxylation is 1. The van der Waals surface area contributed by atoms with Crippen molar-refractivity contribution < 1.29 is 8.78 Å². The molecule has 0 spiro atoms. The molecule has 0 N–H and O–H groups in total. The molecule has 1 aromatic heterocycles. The molecule has 1 heterocycles. The number of rotatable bonds is 1. The van der Waals surface area contributed by atoms with Gasteiger partial charge in [0.2, 0.25) is 0 Å². The second-order valence-electron chi connectivity index (χ2n) is 2.25. The van der Waals surface area contributed by atoms with Crippen LogP contribution in [0.2, 0.25) is 0 Å². The van der Waals surface area contributed by atoms with Crippen LogP contribution in [0.15, 0.2) is 6.33 Å². The van der Waals surface area contributed by atoms with Crippen LogP contribution >= 0.6 is 22.6 Å². The van der Waals surface area contributed by atoms with E-state index in [4.69, 9.17) is 0 Å². The first-order chi connectivity index (χ1) is 4.93. The minimum atomic E-state index is -2.87. The Labute approximate surface area is 76.8 Å². The summed E-state index contributed by atoms with van der Waals surface area (Å²) in [5, 5.41) is 0. The highest BCUT2D eigenvalue weighted by molar-refractivity contribution is 14.1. The maximum atomic E-state index is 12.6. The monoisotopic (exact) mass is 272 g/mol. The van der Waals surface area contributed by atoms with E-state index in [0.29, 0.717) is 11.4 Å². The van der Waals surface area contributed by atoms with Gasteiger partial charge in [0.1, 0.15) is 6.33 Å². The molecule has 1 rings (SSSR count). The van der Waals surface area contributed by atoms with Gasteiger partial charge >= 0.3 is 4.05 Å². The first-order valence-corrected chi connectivity index (χ1v) is 4.08. The molecule has 0 saturated carbocycles. The van der Waals surface area contributed by atoms with E-state index < -0.39 is 4.05 Å². The zero-order chi connectivity index (χ0) is 8.65. The summed E-state index contributed by atoms with van der Waals surface area (Å²) in [6, 6.07) is 0. The molecule has 5 heteroatoms. The lowest BCUT2D eigenvalue weighted by molar-refractivity contribution is 0.0440. The fourth-order valence-electron chi connectivity index (χ4n) is 0.754. The molecule has 0 aliphatic carbocycles. The summed E-state index contributed by atoms with van der Waals surface area (Å²) in [6.07, 6.45) is 1.15. The van der Waals surface area contributed by atoms with Gasteiger partial charge in [-0.2, -0.15) is 8.78 Å². The number of hydrogen-bond acceptors (Lipinski definition) is 1. The zero-order valence-corrected chi connectivity index (χ0v) is 8.26. The average Bonchev–Trinajstić information content (AvgIpc) is 2.11. The minimum Gasteiger partial charge on any atom is -0.266 e. The van der Waals surface area contributed by atoms with Crippen LogP contribution in [0.5, 0.6) is 0 Å². The van der Waals surface area contributed by atoms with Crippen LogP contribution < -0.4 is 0 Å². The lowest BCUT2D eigenvalue weighted by atomic mass is 10.4. The number of nitrogens with zero attached hydrogens (tertiary/aromatic N) is 2. The van der Waals surface area contributed by atoms with Gasteiger partial charge < -0.3 is 0 Å². The van der Waals surface area contributed by atoms with Crippen molar-refractivity contribution in [2.24, 2.45) is 0 Å². The van der Waals surface area contributed by atoms with Gasteiger partial charge in [0, 0.05) is 28.3 Å². The summed E-state index contributed by atoms with van der Waals surface area (Å²) in [7, 11) is 0. The topological polar surface area (TPSA) is 17.8 Å². The second-order valence-corrected chi connectivity index (χ2v) is 3.55. The van der Waals surface area contributed by atoms with Crippen molar-refractivity contribution in [3.8, 4) is 0 Å². The Morgan fingerprint density at radius 1 is 1.55 bits per heavy atom. The molecule has 0 amide bonds. The van der Waals surface area contributed by atoms with Gasteiger partial charge in [0.15, 0.2) is 0 Å². The van der Waals surface area contributed by atoms with E-state index in [1.54, 1.807) is 13.8 Å². The molecule has 1 aromatic rings. The smallest absolute Gasteiger partial charge is 0.266 e. The first kappa shape index (κ1) is 8.89. The van der Waals surface area contributed by atoms with E-state index in [9.17, 15) is 8.78 Å². The molecule has 2 nitrogen and oxygen atoms in total. The molecule has 11 heavy (non-hydrogen) atoms. The van der Waals surface area contributed by atoms with Crippen molar-refractivity contribution in [1.82, 2.24) is 9.55 Å². The third-order valence-electron chi connectivity index (χ3n) is 1.52. The maximum Gasteiger partial charge on any atom is 0.381 e. The Bertz CT molecular complexity index is 264. The summed E-state index contributed by atoms with van der Waals surface area (Å²) in [5.41, 5.74) is 1.14. The Morgan fingerprint density at radius 3 is 2.27 bits per heavy atom. The van der Waals surface area contributed by atoms with E-state index in [-0.39, 0.29) is 0 Å². The summed E-state index contributed by atoms with van der Waals surface area (Å²) < 4.78 is 23.3. The third-order valence-corrected chi connectivity index (χ3v) is 2.04. The molecule has 0 unspecified atom stereocenters. The van der Waals surface area contributed by atoms with Crippen molar-refractivity contribution in [3.05, 3.63) is 17.7 Å². The molecule has 0 saturated heterocycles. The fourth-order valence-corrected chi connectivity index (χ4v) is 1.24. The molecular formula is C6H7F2IN2. The number of hydrogen-bond donors (Lipinski definition) is 0. The largest absolute Gasteiger partial charge is 0.381 e. The lowest BCUT2D eigenvalue weighted by Gasteiger charge is -2.11. The van der Waals surface area contributed by atoms with E-state index in [1.165, 1.54) is 0 Å². The Hall–Kier alpha value is -0.200. The summed E-state index contributed by atoms with van der Waals surface area (Å²) in [5.74, 6) is 0. The fraction of sp³-hybridized carbons (Fsp3) is 0.500. The predicted molar refractivity (Wildman–Crippen MR) is 45.9 cm³/mol. The Balaban J connectivity index is 3.15. The van der Waals surface area contributed by atoms with Crippen LogP contribution in [0.3, 0.4) is 0 Å². The maximum absolute atomic E-state index is 12.6. The molecule has 0 aliphatic rings. The number of alkyl halides is 3. The van der Waals surface area contributed by atoms with Crippen molar-refractivity contribution >= 4 is 22.6 Å². The minimum absolute atomic E-state index is 0.504. The molecule has 0 fully saturated rings. The van der Waals surface area contributed by atoms with E-state index >= 15 is 0 Å². The normalized spacial score (nSPS) is 12.1. The standard InChI is InChI=1S/C6H7F2IN2/c1-4-5(2)11(3-10-4)6(7,8)9/h3H,1-2H3. The van der Waals surface area contributed by atoms with E-state index in [0.717, 1.165) is 33.5 Å². The van der Waals surface area contributed by atoms with E-state index in [1.807, 2.05) is 0 Å². The number of imidazole rings is 1. The highest BCUT2D eigenvalue weighted by Gasteiger charge is 2.28.